The molecule has 0 spiro atoms. The van der Waals surface area contributed by atoms with Gasteiger partial charge in [-0.3, -0.25) is 0 Å². The van der Waals surface area contributed by atoms with Crippen molar-refractivity contribution in [2.75, 3.05) is 0 Å². The summed E-state index contributed by atoms with van der Waals surface area (Å²) in [5.41, 5.74) is 1.43. The van der Waals surface area contributed by atoms with Gasteiger partial charge < -0.3 is 9.52 Å². The molecule has 2 aromatic rings. The van der Waals surface area contributed by atoms with Crippen molar-refractivity contribution in [2.45, 2.75) is 6.92 Å². The minimum Gasteiger partial charge on any atom is -0.476 e. The molecule has 0 amide bonds. The van der Waals surface area contributed by atoms with Gasteiger partial charge in [-0.15, -0.1) is 0 Å². The van der Waals surface area contributed by atoms with Crippen LogP contribution in [0.2, 0.25) is 5.02 Å². The van der Waals surface area contributed by atoms with Gasteiger partial charge in [0, 0.05) is 10.6 Å². The van der Waals surface area contributed by atoms with Crippen molar-refractivity contribution < 1.29 is 14.3 Å². The van der Waals surface area contributed by atoms with Crippen molar-refractivity contribution in [3.05, 3.63) is 40.9 Å². The van der Waals surface area contributed by atoms with Crippen LogP contribution in [0.15, 0.2) is 29.0 Å². The smallest absolute Gasteiger partial charge is 0.358 e. The Balaban J connectivity index is 2.58. The molecule has 0 radical (unpaired) electrons. The van der Waals surface area contributed by atoms with Crippen LogP contribution in [-0.2, 0) is 0 Å². The second-order valence-corrected chi connectivity index (χ2v) is 3.79. The Morgan fingerprint density at radius 3 is 2.81 bits per heavy atom. The van der Waals surface area contributed by atoms with E-state index in [2.05, 4.69) is 4.98 Å². The third-order valence-corrected chi connectivity index (χ3v) is 2.29. The molecule has 0 atom stereocenters. The first kappa shape index (κ1) is 10.7. The third kappa shape index (κ3) is 1.92. The minimum atomic E-state index is -1.12. The van der Waals surface area contributed by atoms with E-state index in [1.165, 1.54) is 0 Å². The van der Waals surface area contributed by atoms with Crippen molar-refractivity contribution in [1.82, 2.24) is 4.98 Å². The second kappa shape index (κ2) is 3.98. The molecule has 0 aliphatic rings. The van der Waals surface area contributed by atoms with Crippen LogP contribution in [-0.4, -0.2) is 16.1 Å². The van der Waals surface area contributed by atoms with Crippen LogP contribution in [0.25, 0.3) is 11.3 Å². The number of carboxylic acid groups (broad SMARTS) is 1. The molecule has 1 N–H and O–H groups in total. The highest BCUT2D eigenvalue weighted by molar-refractivity contribution is 6.31. The number of aromatic nitrogens is 1. The zero-order valence-corrected chi connectivity index (χ0v) is 9.15. The average Bonchev–Trinajstić information content (AvgIpc) is 2.63. The standard InChI is InChI=1S/C11H8ClNO3/c1-6-2-7(4-8(12)3-6)10-9(11(14)15)13-5-16-10/h2-5H,1H3,(H,14,15). The molecule has 0 unspecified atom stereocenters. The van der Waals surface area contributed by atoms with E-state index in [0.717, 1.165) is 12.0 Å². The van der Waals surface area contributed by atoms with Gasteiger partial charge in [0.2, 0.25) is 0 Å². The van der Waals surface area contributed by atoms with E-state index in [9.17, 15) is 4.79 Å². The first-order valence-electron chi connectivity index (χ1n) is 4.52. The lowest BCUT2D eigenvalue weighted by atomic mass is 10.1. The first-order valence-corrected chi connectivity index (χ1v) is 4.90. The highest BCUT2D eigenvalue weighted by Crippen LogP contribution is 2.27. The number of carboxylic acids is 1. The molecule has 5 heteroatoms. The maximum absolute atomic E-state index is 10.9. The quantitative estimate of drug-likeness (QED) is 0.872. The SMILES string of the molecule is Cc1cc(Cl)cc(-c2ocnc2C(=O)O)c1. The van der Waals surface area contributed by atoms with E-state index < -0.39 is 5.97 Å². The molecule has 1 aromatic carbocycles. The molecule has 0 saturated carbocycles. The monoisotopic (exact) mass is 237 g/mol. The summed E-state index contributed by atoms with van der Waals surface area (Å²) in [7, 11) is 0. The predicted molar refractivity (Wildman–Crippen MR) is 58.6 cm³/mol. The van der Waals surface area contributed by atoms with E-state index >= 15 is 0 Å². The fourth-order valence-corrected chi connectivity index (χ4v) is 1.76. The summed E-state index contributed by atoms with van der Waals surface area (Å²) < 4.78 is 5.07. The van der Waals surface area contributed by atoms with Crippen molar-refractivity contribution in [2.24, 2.45) is 0 Å². The number of rotatable bonds is 2. The van der Waals surface area contributed by atoms with E-state index in [-0.39, 0.29) is 11.5 Å². The molecule has 0 saturated heterocycles. The fourth-order valence-electron chi connectivity index (χ4n) is 1.47. The van der Waals surface area contributed by atoms with Crippen LogP contribution in [0.1, 0.15) is 16.1 Å². The van der Waals surface area contributed by atoms with Crippen molar-refractivity contribution >= 4 is 17.6 Å². The summed E-state index contributed by atoms with van der Waals surface area (Å²) in [5, 5.41) is 9.43. The predicted octanol–water partition coefficient (Wildman–Crippen LogP) is 3.00. The van der Waals surface area contributed by atoms with Crippen LogP contribution in [0.3, 0.4) is 0 Å². The van der Waals surface area contributed by atoms with Gasteiger partial charge in [0.1, 0.15) is 0 Å². The number of hydrogen-bond donors (Lipinski definition) is 1. The highest BCUT2D eigenvalue weighted by atomic mass is 35.5. The molecule has 2 rings (SSSR count). The van der Waals surface area contributed by atoms with E-state index in [0.29, 0.717) is 10.6 Å². The second-order valence-electron chi connectivity index (χ2n) is 3.35. The summed E-state index contributed by atoms with van der Waals surface area (Å²) >= 11 is 5.89. The lowest BCUT2D eigenvalue weighted by molar-refractivity contribution is 0.0691. The Morgan fingerprint density at radius 2 is 2.19 bits per heavy atom. The Bertz CT molecular complexity index is 528. The number of oxazole rings is 1. The normalized spacial score (nSPS) is 10.4. The molecule has 1 heterocycles. The van der Waals surface area contributed by atoms with Crippen LogP contribution in [0.4, 0.5) is 0 Å². The van der Waals surface area contributed by atoms with Gasteiger partial charge in [0.25, 0.3) is 0 Å². The summed E-state index contributed by atoms with van der Waals surface area (Å²) in [5.74, 6) is -0.903. The van der Waals surface area contributed by atoms with Gasteiger partial charge in [-0.25, -0.2) is 9.78 Å². The molecule has 4 nitrogen and oxygen atoms in total. The maximum Gasteiger partial charge on any atom is 0.358 e. The number of benzene rings is 1. The highest BCUT2D eigenvalue weighted by Gasteiger charge is 2.17. The summed E-state index contributed by atoms with van der Waals surface area (Å²) in [4.78, 5) is 14.5. The molecule has 0 fully saturated rings. The van der Waals surface area contributed by atoms with E-state index in [4.69, 9.17) is 21.1 Å². The number of carbonyl (C=O) groups is 1. The van der Waals surface area contributed by atoms with E-state index in [1.807, 2.05) is 6.92 Å². The van der Waals surface area contributed by atoms with Gasteiger partial charge >= 0.3 is 5.97 Å². The first-order chi connectivity index (χ1) is 7.58. The Morgan fingerprint density at radius 1 is 1.44 bits per heavy atom. The van der Waals surface area contributed by atoms with Gasteiger partial charge in [-0.1, -0.05) is 11.6 Å². The zero-order valence-electron chi connectivity index (χ0n) is 8.40. The molecular formula is C11H8ClNO3. The van der Waals surface area contributed by atoms with Gasteiger partial charge in [0.05, 0.1) is 0 Å². The number of hydrogen-bond acceptors (Lipinski definition) is 3. The topological polar surface area (TPSA) is 63.3 Å². The van der Waals surface area contributed by atoms with Gasteiger partial charge in [-0.05, 0) is 30.7 Å². The molecule has 0 bridgehead atoms. The van der Waals surface area contributed by atoms with Crippen molar-refractivity contribution in [1.29, 1.82) is 0 Å². The average molecular weight is 238 g/mol. The molecule has 0 aliphatic heterocycles. The number of aromatic carboxylic acids is 1. The van der Waals surface area contributed by atoms with Crippen molar-refractivity contribution in [3.63, 3.8) is 0 Å². The Hall–Kier alpha value is -1.81. The lowest BCUT2D eigenvalue weighted by Crippen LogP contribution is -1.98. The number of aryl methyl sites for hydroxylation is 1. The number of nitrogens with zero attached hydrogens (tertiary/aromatic N) is 1. The van der Waals surface area contributed by atoms with Crippen LogP contribution in [0, 0.1) is 6.92 Å². The van der Waals surface area contributed by atoms with Gasteiger partial charge in [0.15, 0.2) is 17.8 Å². The fraction of sp³-hybridized carbons (Fsp3) is 0.0909. The molecule has 0 aliphatic carbocycles. The van der Waals surface area contributed by atoms with Crippen LogP contribution < -0.4 is 0 Å². The molecule has 16 heavy (non-hydrogen) atoms. The zero-order chi connectivity index (χ0) is 11.7. The van der Waals surface area contributed by atoms with E-state index in [1.54, 1.807) is 18.2 Å². The van der Waals surface area contributed by atoms with Gasteiger partial charge in [-0.2, -0.15) is 0 Å². The summed E-state index contributed by atoms with van der Waals surface area (Å²) in [6.07, 6.45) is 1.11. The van der Waals surface area contributed by atoms with Crippen LogP contribution in [0.5, 0.6) is 0 Å². The Labute approximate surface area is 96.5 Å². The number of halogens is 1. The third-order valence-electron chi connectivity index (χ3n) is 2.07. The largest absolute Gasteiger partial charge is 0.476 e. The van der Waals surface area contributed by atoms with Crippen LogP contribution >= 0.6 is 11.6 Å². The van der Waals surface area contributed by atoms with Crippen molar-refractivity contribution in [3.8, 4) is 11.3 Å². The molecule has 1 aromatic heterocycles. The lowest BCUT2D eigenvalue weighted by Gasteiger charge is -2.01. The Kier molecular flexibility index (Phi) is 2.66. The molecular weight excluding hydrogens is 230 g/mol. The minimum absolute atomic E-state index is 0.110. The maximum atomic E-state index is 10.9. The summed E-state index contributed by atoms with van der Waals surface area (Å²) in [6, 6.07) is 5.21. The molecule has 82 valence electrons. The summed E-state index contributed by atoms with van der Waals surface area (Å²) in [6.45, 7) is 1.87.